The maximum absolute atomic E-state index is 11.8. The fourth-order valence-corrected chi connectivity index (χ4v) is 3.03. The zero-order chi connectivity index (χ0) is 15.9. The van der Waals surface area contributed by atoms with Gasteiger partial charge in [0, 0.05) is 0 Å². The summed E-state index contributed by atoms with van der Waals surface area (Å²) in [4.78, 5) is 23.0. The van der Waals surface area contributed by atoms with E-state index in [1.54, 1.807) is 20.8 Å². The Hall–Kier alpha value is -0.0600. The van der Waals surface area contributed by atoms with Gasteiger partial charge in [0.15, 0.2) is 0 Å². The van der Waals surface area contributed by atoms with Crippen molar-refractivity contribution in [3.63, 3.8) is 0 Å². The van der Waals surface area contributed by atoms with E-state index < -0.39 is 23.5 Å². The van der Waals surface area contributed by atoms with Crippen LogP contribution in [0.3, 0.4) is 0 Å². The zero-order valence-electron chi connectivity index (χ0n) is 15.7. The molecule has 0 bridgehead atoms. The predicted octanol–water partition coefficient (Wildman–Crippen LogP) is 1.29. The van der Waals surface area contributed by atoms with Gasteiger partial charge in [-0.05, 0) is 33.1 Å². The molecule has 1 aliphatic rings. The van der Waals surface area contributed by atoms with Crippen LogP contribution in [-0.2, 0) is 14.3 Å². The van der Waals surface area contributed by atoms with Gasteiger partial charge < -0.3 is 11.3 Å². The molecule has 124 valence electrons. The second kappa shape index (κ2) is 10.7. The Morgan fingerprint density at radius 1 is 1.23 bits per heavy atom. The number of ether oxygens (including phenoxy) is 1. The summed E-state index contributed by atoms with van der Waals surface area (Å²) in [5.74, 6) is -1.14. The van der Waals surface area contributed by atoms with Gasteiger partial charge in [0.1, 0.15) is 5.60 Å². The third kappa shape index (κ3) is 9.86. The molecule has 0 aromatic rings. The average molecular weight is 322 g/mol. The molecule has 1 rings (SSSR count). The summed E-state index contributed by atoms with van der Waals surface area (Å²) >= 11 is 0. The molecule has 1 atom stereocenters. The number of rotatable bonds is 7. The van der Waals surface area contributed by atoms with Crippen molar-refractivity contribution in [2.45, 2.75) is 84.2 Å². The molecule has 0 radical (unpaired) electrons. The Labute approximate surface area is 158 Å². The normalized spacial score (nSPS) is 17.4. The molecular weight excluding hydrogens is 291 g/mol. The third-order valence-electron chi connectivity index (χ3n) is 4.07. The Bertz CT molecular complexity index is 349. The number of carbonyl (C=O) groups is 2. The van der Waals surface area contributed by atoms with E-state index in [2.05, 4.69) is 0 Å². The number of carbonyl (C=O) groups excluding carboxylic acids is 1. The molecule has 0 saturated heterocycles. The first-order valence-electron chi connectivity index (χ1n) is 8.22. The second-order valence-corrected chi connectivity index (χ2v) is 7.26. The maximum Gasteiger partial charge on any atom is 1.00 e. The molecule has 4 nitrogen and oxygen atoms in total. The van der Waals surface area contributed by atoms with Crippen molar-refractivity contribution in [1.29, 1.82) is 0 Å². The molecular formula is C17H31NaO4. The van der Waals surface area contributed by atoms with Gasteiger partial charge in [-0.15, -0.1) is 0 Å². The molecule has 1 fully saturated rings. The van der Waals surface area contributed by atoms with E-state index in [4.69, 9.17) is 4.74 Å². The summed E-state index contributed by atoms with van der Waals surface area (Å²) in [7, 11) is 0. The molecule has 1 saturated carbocycles. The second-order valence-electron chi connectivity index (χ2n) is 7.26. The Kier molecular flexibility index (Phi) is 10.6. The monoisotopic (exact) mass is 322 g/mol. The van der Waals surface area contributed by atoms with E-state index in [1.807, 2.05) is 0 Å². The number of carboxylic acid groups (broad SMARTS) is 1. The van der Waals surface area contributed by atoms with Crippen LogP contribution in [0.5, 0.6) is 0 Å². The fraction of sp³-hybridized carbons (Fsp3) is 0.882. The summed E-state index contributed by atoms with van der Waals surface area (Å²) in [5, 5.41) is 9.25. The van der Waals surface area contributed by atoms with Crippen molar-refractivity contribution in [1.82, 2.24) is 0 Å². The third-order valence-corrected chi connectivity index (χ3v) is 4.07. The topological polar surface area (TPSA) is 63.6 Å². The van der Waals surface area contributed by atoms with Gasteiger partial charge in [0.05, 0.1) is 12.3 Å². The molecule has 1 N–H and O–H groups in total. The van der Waals surface area contributed by atoms with Crippen LogP contribution in [0.25, 0.3) is 0 Å². The zero-order valence-corrected chi connectivity index (χ0v) is 16.7. The van der Waals surface area contributed by atoms with Crippen LogP contribution in [0.4, 0.5) is 0 Å². The first-order valence-corrected chi connectivity index (χ1v) is 8.22. The summed E-state index contributed by atoms with van der Waals surface area (Å²) in [6.07, 6.45) is 9.07. The van der Waals surface area contributed by atoms with Crippen molar-refractivity contribution in [3.8, 4) is 0 Å². The molecule has 1 unspecified atom stereocenters. The minimum Gasteiger partial charge on any atom is -1.00 e. The number of esters is 1. The Morgan fingerprint density at radius 2 is 1.82 bits per heavy atom. The maximum atomic E-state index is 11.8. The molecule has 0 spiro atoms. The van der Waals surface area contributed by atoms with Gasteiger partial charge in [-0.2, -0.15) is 0 Å². The van der Waals surface area contributed by atoms with Crippen LogP contribution in [0, 0.1) is 11.8 Å². The van der Waals surface area contributed by atoms with Crippen LogP contribution in [0.2, 0.25) is 0 Å². The molecule has 0 amide bonds. The first kappa shape index (κ1) is 21.9. The minimum atomic E-state index is -0.885. The van der Waals surface area contributed by atoms with E-state index in [0.29, 0.717) is 6.42 Å². The first-order chi connectivity index (χ1) is 9.78. The van der Waals surface area contributed by atoms with Gasteiger partial charge in [0.2, 0.25) is 0 Å². The largest absolute Gasteiger partial charge is 1.00 e. The molecule has 0 heterocycles. The van der Waals surface area contributed by atoms with E-state index in [-0.39, 0.29) is 37.4 Å². The van der Waals surface area contributed by atoms with Crippen LogP contribution in [-0.4, -0.2) is 22.6 Å². The summed E-state index contributed by atoms with van der Waals surface area (Å²) < 4.78 is 5.21. The molecule has 1 aliphatic carbocycles. The fourth-order valence-electron chi connectivity index (χ4n) is 3.03. The smallest absolute Gasteiger partial charge is 1.00 e. The van der Waals surface area contributed by atoms with Crippen LogP contribution in [0.1, 0.15) is 80.0 Å². The summed E-state index contributed by atoms with van der Waals surface area (Å²) in [6.45, 7) is 5.39. The van der Waals surface area contributed by atoms with E-state index in [1.165, 1.54) is 32.1 Å². The summed E-state index contributed by atoms with van der Waals surface area (Å²) in [5.41, 5.74) is -0.553. The van der Waals surface area contributed by atoms with E-state index in [0.717, 1.165) is 18.8 Å². The number of aliphatic carboxylic acids is 1. The Morgan fingerprint density at radius 3 is 2.32 bits per heavy atom. The SMILES string of the molecule is CC(C)(C)OC(=O)CC(CCCC1CCCCC1)C(=O)O.[H-].[Na+]. The Balaban J connectivity index is 0. The molecule has 0 aliphatic heterocycles. The van der Waals surface area contributed by atoms with Crippen molar-refractivity contribution in [2.75, 3.05) is 0 Å². The van der Waals surface area contributed by atoms with Gasteiger partial charge in [-0.1, -0.05) is 44.9 Å². The van der Waals surface area contributed by atoms with Gasteiger partial charge in [-0.3, -0.25) is 9.59 Å². The van der Waals surface area contributed by atoms with Crippen LogP contribution < -0.4 is 29.6 Å². The quantitative estimate of drug-likeness (QED) is 0.567. The number of hydrogen-bond acceptors (Lipinski definition) is 3. The average Bonchev–Trinajstić information content (AvgIpc) is 2.36. The van der Waals surface area contributed by atoms with E-state index in [9.17, 15) is 14.7 Å². The van der Waals surface area contributed by atoms with Crippen molar-refractivity contribution in [3.05, 3.63) is 0 Å². The summed E-state index contributed by atoms with van der Waals surface area (Å²) in [6, 6.07) is 0. The van der Waals surface area contributed by atoms with Crippen LogP contribution >= 0.6 is 0 Å². The predicted molar refractivity (Wildman–Crippen MR) is 83.1 cm³/mol. The van der Waals surface area contributed by atoms with Gasteiger partial charge in [0.25, 0.3) is 0 Å². The number of hydrogen-bond donors (Lipinski definition) is 1. The molecule has 5 heteroatoms. The molecule has 0 aromatic heterocycles. The van der Waals surface area contributed by atoms with E-state index >= 15 is 0 Å². The van der Waals surface area contributed by atoms with Crippen LogP contribution in [0.15, 0.2) is 0 Å². The van der Waals surface area contributed by atoms with Crippen molar-refractivity contribution >= 4 is 11.9 Å². The standard InChI is InChI=1S/C17H30O4.Na.H/c1-17(2,3)21-15(18)12-14(16(19)20)11-7-10-13-8-5-4-6-9-13;;/h13-14H,4-12H2,1-3H3,(H,19,20);;/q;+1;-1. The molecule has 22 heavy (non-hydrogen) atoms. The van der Waals surface area contributed by atoms with Gasteiger partial charge in [-0.25, -0.2) is 0 Å². The van der Waals surface area contributed by atoms with Gasteiger partial charge >= 0.3 is 41.5 Å². The van der Waals surface area contributed by atoms with Crippen molar-refractivity contribution < 1.29 is 50.4 Å². The minimum absolute atomic E-state index is 0. The van der Waals surface area contributed by atoms with Crippen molar-refractivity contribution in [2.24, 2.45) is 11.8 Å². The number of carboxylic acids is 1. The molecule has 0 aromatic carbocycles.